The fourth-order valence-corrected chi connectivity index (χ4v) is 3.81. The first-order valence-electron chi connectivity index (χ1n) is 9.40. The summed E-state index contributed by atoms with van der Waals surface area (Å²) in [7, 11) is 0. The van der Waals surface area contributed by atoms with Crippen LogP contribution in [0.15, 0.2) is 76.4 Å². The lowest BCUT2D eigenvalue weighted by Gasteiger charge is -2.17. The van der Waals surface area contributed by atoms with Crippen LogP contribution in [0, 0.1) is 0 Å². The first kappa shape index (κ1) is 19.2. The van der Waals surface area contributed by atoms with Crippen LogP contribution in [0.25, 0.3) is 21.7 Å². The van der Waals surface area contributed by atoms with Crippen LogP contribution in [0.3, 0.4) is 0 Å². The largest absolute Gasteiger partial charge is 0.479 e. The molecular formula is C23H20BrN3O2. The van der Waals surface area contributed by atoms with Crippen molar-refractivity contribution in [1.82, 2.24) is 10.4 Å². The summed E-state index contributed by atoms with van der Waals surface area (Å²) in [6.45, 7) is 1.91. The van der Waals surface area contributed by atoms with Gasteiger partial charge in [-0.05, 0) is 45.3 Å². The summed E-state index contributed by atoms with van der Waals surface area (Å²) in [5, 5.41) is 7.30. The van der Waals surface area contributed by atoms with Gasteiger partial charge in [0.05, 0.1) is 10.7 Å². The maximum atomic E-state index is 12.6. The van der Waals surface area contributed by atoms with E-state index in [4.69, 9.17) is 4.74 Å². The molecule has 0 radical (unpaired) electrons. The van der Waals surface area contributed by atoms with E-state index >= 15 is 0 Å². The van der Waals surface area contributed by atoms with Gasteiger partial charge in [-0.1, -0.05) is 55.5 Å². The molecule has 146 valence electrons. The molecule has 1 atom stereocenters. The molecule has 2 N–H and O–H groups in total. The van der Waals surface area contributed by atoms with E-state index in [0.29, 0.717) is 12.2 Å². The number of amides is 1. The normalized spacial score (nSPS) is 12.5. The van der Waals surface area contributed by atoms with E-state index < -0.39 is 6.10 Å². The van der Waals surface area contributed by atoms with E-state index in [1.807, 2.05) is 73.8 Å². The summed E-state index contributed by atoms with van der Waals surface area (Å²) in [6, 6.07) is 19.8. The minimum atomic E-state index is -0.646. The third-order valence-electron chi connectivity index (χ3n) is 4.76. The van der Waals surface area contributed by atoms with Crippen LogP contribution in [-0.4, -0.2) is 23.2 Å². The third kappa shape index (κ3) is 4.03. The molecule has 3 aromatic carbocycles. The highest BCUT2D eigenvalue weighted by Crippen LogP contribution is 2.33. The number of H-pyrrole nitrogens is 1. The van der Waals surface area contributed by atoms with Crippen LogP contribution < -0.4 is 10.2 Å². The number of nitrogens with one attached hydrogen (secondary N) is 2. The molecule has 4 aromatic rings. The molecule has 4 rings (SSSR count). The van der Waals surface area contributed by atoms with Gasteiger partial charge in [-0.25, -0.2) is 5.43 Å². The molecule has 0 fully saturated rings. The van der Waals surface area contributed by atoms with Crippen molar-refractivity contribution in [3.8, 4) is 5.75 Å². The second-order valence-electron chi connectivity index (χ2n) is 6.64. The first-order valence-corrected chi connectivity index (χ1v) is 10.2. The number of nitrogens with zero attached hydrogens (tertiary/aromatic N) is 1. The highest BCUT2D eigenvalue weighted by atomic mass is 79.9. The predicted molar refractivity (Wildman–Crippen MR) is 120 cm³/mol. The van der Waals surface area contributed by atoms with Crippen molar-refractivity contribution in [3.63, 3.8) is 0 Å². The Bertz CT molecular complexity index is 1200. The number of aromatic nitrogens is 1. The Morgan fingerprint density at radius 1 is 1.14 bits per heavy atom. The Labute approximate surface area is 176 Å². The van der Waals surface area contributed by atoms with E-state index in [2.05, 4.69) is 31.4 Å². The predicted octanol–water partition coefficient (Wildman–Crippen LogP) is 5.39. The Kier molecular flexibility index (Phi) is 5.62. The van der Waals surface area contributed by atoms with Crippen LogP contribution >= 0.6 is 15.9 Å². The minimum Gasteiger partial charge on any atom is -0.479 e. The quantitative estimate of drug-likeness (QED) is 0.306. The molecule has 0 spiro atoms. The summed E-state index contributed by atoms with van der Waals surface area (Å²) in [5.74, 6) is 0.343. The zero-order valence-electron chi connectivity index (χ0n) is 15.9. The summed E-state index contributed by atoms with van der Waals surface area (Å²) < 4.78 is 6.82. The number of aromatic amines is 1. The number of rotatable bonds is 6. The smallest absolute Gasteiger partial charge is 0.281 e. The average molecular weight is 450 g/mol. The van der Waals surface area contributed by atoms with Gasteiger partial charge in [-0.3, -0.25) is 4.79 Å². The van der Waals surface area contributed by atoms with Gasteiger partial charge in [0.25, 0.3) is 5.91 Å². The van der Waals surface area contributed by atoms with E-state index in [9.17, 15) is 4.79 Å². The highest BCUT2D eigenvalue weighted by molar-refractivity contribution is 9.10. The van der Waals surface area contributed by atoms with Gasteiger partial charge in [0.1, 0.15) is 5.75 Å². The van der Waals surface area contributed by atoms with Gasteiger partial charge in [-0.2, -0.15) is 5.10 Å². The van der Waals surface area contributed by atoms with Crippen molar-refractivity contribution < 1.29 is 9.53 Å². The van der Waals surface area contributed by atoms with Gasteiger partial charge < -0.3 is 9.72 Å². The molecular weight excluding hydrogens is 430 g/mol. The Morgan fingerprint density at radius 2 is 1.90 bits per heavy atom. The van der Waals surface area contributed by atoms with Crippen molar-refractivity contribution in [2.45, 2.75) is 19.4 Å². The van der Waals surface area contributed by atoms with Crippen molar-refractivity contribution in [2.75, 3.05) is 0 Å². The Hall–Kier alpha value is -3.12. The minimum absolute atomic E-state index is 0.288. The van der Waals surface area contributed by atoms with E-state index in [1.165, 1.54) is 0 Å². The van der Waals surface area contributed by atoms with Gasteiger partial charge >= 0.3 is 0 Å². The molecule has 0 aliphatic rings. The molecule has 29 heavy (non-hydrogen) atoms. The van der Waals surface area contributed by atoms with Crippen LogP contribution in [0.1, 0.15) is 18.9 Å². The van der Waals surface area contributed by atoms with Crippen LogP contribution in [0.4, 0.5) is 0 Å². The SMILES string of the molecule is CCC(Oc1ccc2ccccc2c1Br)C(=O)NN=Cc1c[nH]c2ccccc12. The van der Waals surface area contributed by atoms with E-state index in [0.717, 1.165) is 31.7 Å². The molecule has 0 bridgehead atoms. The molecule has 5 nitrogen and oxygen atoms in total. The molecule has 1 amide bonds. The highest BCUT2D eigenvalue weighted by Gasteiger charge is 2.19. The number of fused-ring (bicyclic) bond motifs is 2. The standard InChI is InChI=1S/C23H20BrN3O2/c1-2-20(29-21-12-11-15-7-3-4-9-18(15)22(21)24)23(28)27-26-14-16-13-25-19-10-6-5-8-17(16)19/h3-14,20,25H,2H2,1H3,(H,27,28). The van der Waals surface area contributed by atoms with Crippen molar-refractivity contribution >= 4 is 49.7 Å². The summed E-state index contributed by atoms with van der Waals surface area (Å²) in [6.07, 6.45) is 3.37. The van der Waals surface area contributed by atoms with Gasteiger partial charge in [-0.15, -0.1) is 0 Å². The fraction of sp³-hybridized carbons (Fsp3) is 0.130. The number of benzene rings is 3. The number of carbonyl (C=O) groups excluding carboxylic acids is 1. The number of carbonyl (C=O) groups is 1. The maximum Gasteiger partial charge on any atom is 0.281 e. The van der Waals surface area contributed by atoms with Gasteiger partial charge in [0.2, 0.25) is 0 Å². The fourth-order valence-electron chi connectivity index (χ4n) is 3.22. The van der Waals surface area contributed by atoms with Gasteiger partial charge in [0, 0.05) is 22.7 Å². The van der Waals surface area contributed by atoms with Gasteiger partial charge in [0.15, 0.2) is 6.10 Å². The summed E-state index contributed by atoms with van der Waals surface area (Å²) in [5.41, 5.74) is 4.52. The van der Waals surface area contributed by atoms with Crippen LogP contribution in [0.5, 0.6) is 5.75 Å². The van der Waals surface area contributed by atoms with Crippen molar-refractivity contribution in [3.05, 3.63) is 76.9 Å². The molecule has 0 saturated carbocycles. The second kappa shape index (κ2) is 8.49. The zero-order chi connectivity index (χ0) is 20.2. The van der Waals surface area contributed by atoms with Crippen LogP contribution in [-0.2, 0) is 4.79 Å². The maximum absolute atomic E-state index is 12.6. The second-order valence-corrected chi connectivity index (χ2v) is 7.43. The Balaban J connectivity index is 1.46. The summed E-state index contributed by atoms with van der Waals surface area (Å²) >= 11 is 3.60. The average Bonchev–Trinajstić information content (AvgIpc) is 3.16. The lowest BCUT2D eigenvalue weighted by atomic mass is 10.1. The lowest BCUT2D eigenvalue weighted by molar-refractivity contribution is -0.128. The number of hydrazone groups is 1. The van der Waals surface area contributed by atoms with Crippen molar-refractivity contribution in [2.24, 2.45) is 5.10 Å². The molecule has 6 heteroatoms. The lowest BCUT2D eigenvalue weighted by Crippen LogP contribution is -2.35. The summed E-state index contributed by atoms with van der Waals surface area (Å²) in [4.78, 5) is 15.8. The van der Waals surface area contributed by atoms with E-state index in [1.54, 1.807) is 6.21 Å². The zero-order valence-corrected chi connectivity index (χ0v) is 17.4. The number of hydrogen-bond donors (Lipinski definition) is 2. The third-order valence-corrected chi connectivity index (χ3v) is 5.58. The van der Waals surface area contributed by atoms with Crippen molar-refractivity contribution in [1.29, 1.82) is 0 Å². The number of hydrogen-bond acceptors (Lipinski definition) is 3. The number of para-hydroxylation sites is 1. The first-order chi connectivity index (χ1) is 14.2. The number of ether oxygens (including phenoxy) is 1. The molecule has 1 heterocycles. The monoisotopic (exact) mass is 449 g/mol. The molecule has 0 aliphatic carbocycles. The van der Waals surface area contributed by atoms with E-state index in [-0.39, 0.29) is 5.91 Å². The molecule has 0 aliphatic heterocycles. The molecule has 0 saturated heterocycles. The Morgan fingerprint density at radius 3 is 2.72 bits per heavy atom. The molecule has 1 aromatic heterocycles. The topological polar surface area (TPSA) is 66.5 Å². The molecule has 1 unspecified atom stereocenters. The van der Waals surface area contributed by atoms with Crippen LogP contribution in [0.2, 0.25) is 0 Å². The number of halogens is 1.